The Morgan fingerprint density at radius 1 is 1.41 bits per heavy atom. The summed E-state index contributed by atoms with van der Waals surface area (Å²) in [6.45, 7) is 2.63. The molecule has 1 aliphatic rings. The number of benzene rings is 1. The normalized spacial score (nSPS) is 16.2. The van der Waals surface area contributed by atoms with Gasteiger partial charge in [0.05, 0.1) is 12.2 Å². The van der Waals surface area contributed by atoms with Gasteiger partial charge in [0.15, 0.2) is 17.6 Å². The molecular formula is C15H18N4O3. The van der Waals surface area contributed by atoms with Crippen LogP contribution in [-0.2, 0) is 7.05 Å². The summed E-state index contributed by atoms with van der Waals surface area (Å²) in [5.74, 6) is 2.07. The topological polar surface area (TPSA) is 77.4 Å². The smallest absolute Gasteiger partial charge is 0.320 e. The Hall–Kier alpha value is -2.70. The average Bonchev–Trinajstić information content (AvgIpc) is 2.82. The average molecular weight is 302 g/mol. The van der Waals surface area contributed by atoms with E-state index in [1.807, 2.05) is 31.2 Å². The third-order valence-corrected chi connectivity index (χ3v) is 3.30. The van der Waals surface area contributed by atoms with E-state index >= 15 is 0 Å². The van der Waals surface area contributed by atoms with Crippen molar-refractivity contribution in [3.05, 3.63) is 36.0 Å². The van der Waals surface area contributed by atoms with E-state index < -0.39 is 0 Å². The highest BCUT2D eigenvalue weighted by Crippen LogP contribution is 2.30. The monoisotopic (exact) mass is 302 g/mol. The van der Waals surface area contributed by atoms with Gasteiger partial charge in [-0.1, -0.05) is 12.1 Å². The molecule has 0 fully saturated rings. The predicted octanol–water partition coefficient (Wildman–Crippen LogP) is 1.69. The fourth-order valence-corrected chi connectivity index (χ4v) is 2.26. The third-order valence-electron chi connectivity index (χ3n) is 3.30. The molecule has 0 spiro atoms. The summed E-state index contributed by atoms with van der Waals surface area (Å²) in [5, 5.41) is 9.68. The van der Waals surface area contributed by atoms with Crippen molar-refractivity contribution in [2.24, 2.45) is 7.05 Å². The molecule has 0 saturated heterocycles. The number of carbonyl (C=O) groups is 1. The van der Waals surface area contributed by atoms with Gasteiger partial charge in [-0.05, 0) is 19.1 Å². The number of aromatic nitrogens is 2. The minimum Gasteiger partial charge on any atom is -0.486 e. The van der Waals surface area contributed by atoms with Crippen LogP contribution in [0.3, 0.4) is 0 Å². The molecule has 7 nitrogen and oxygen atoms in total. The van der Waals surface area contributed by atoms with Crippen LogP contribution in [0, 0.1) is 6.92 Å². The summed E-state index contributed by atoms with van der Waals surface area (Å²) in [6.07, 6.45) is -0.214. The first kappa shape index (κ1) is 14.2. The maximum atomic E-state index is 11.9. The maximum Gasteiger partial charge on any atom is 0.320 e. The molecule has 0 bridgehead atoms. The lowest BCUT2D eigenvalue weighted by molar-refractivity contribution is 0.0922. The zero-order valence-corrected chi connectivity index (χ0v) is 12.5. The van der Waals surface area contributed by atoms with Gasteiger partial charge in [0.2, 0.25) is 0 Å². The second-order valence-electron chi connectivity index (χ2n) is 5.13. The van der Waals surface area contributed by atoms with Crippen LogP contribution >= 0.6 is 0 Å². The summed E-state index contributed by atoms with van der Waals surface area (Å²) < 4.78 is 13.0. The first-order valence-electron chi connectivity index (χ1n) is 7.06. The number of hydrogen-bond acceptors (Lipinski definition) is 4. The molecule has 0 aliphatic carbocycles. The zero-order chi connectivity index (χ0) is 15.5. The van der Waals surface area contributed by atoms with Crippen LogP contribution in [0.15, 0.2) is 30.3 Å². The number of amides is 2. The van der Waals surface area contributed by atoms with Gasteiger partial charge in [-0.15, -0.1) is 0 Å². The lowest BCUT2D eigenvalue weighted by atomic mass is 10.2. The van der Waals surface area contributed by atoms with E-state index in [1.165, 1.54) is 0 Å². The second-order valence-corrected chi connectivity index (χ2v) is 5.13. The number of urea groups is 1. The Balaban J connectivity index is 1.51. The summed E-state index contributed by atoms with van der Waals surface area (Å²) in [5.41, 5.74) is 0.846. The van der Waals surface area contributed by atoms with Crippen molar-refractivity contribution in [3.8, 4) is 11.5 Å². The fraction of sp³-hybridized carbons (Fsp3) is 0.333. The lowest BCUT2D eigenvalue weighted by Gasteiger charge is -2.26. The fourth-order valence-electron chi connectivity index (χ4n) is 2.26. The summed E-state index contributed by atoms with van der Waals surface area (Å²) in [4.78, 5) is 11.9. The SMILES string of the molecule is Cc1cc(NC(=O)NC[C@@H]2COc3ccccc3O2)n(C)n1. The zero-order valence-electron chi connectivity index (χ0n) is 12.5. The highest BCUT2D eigenvalue weighted by Gasteiger charge is 2.21. The molecule has 1 aromatic heterocycles. The Bertz CT molecular complexity index is 683. The van der Waals surface area contributed by atoms with Crippen LogP contribution in [0.5, 0.6) is 11.5 Å². The molecular weight excluding hydrogens is 284 g/mol. The van der Waals surface area contributed by atoms with Crippen LogP contribution in [0.4, 0.5) is 10.6 Å². The number of nitrogens with zero attached hydrogens (tertiary/aromatic N) is 2. The molecule has 3 rings (SSSR count). The van der Waals surface area contributed by atoms with Crippen molar-refractivity contribution >= 4 is 11.8 Å². The molecule has 116 valence electrons. The van der Waals surface area contributed by atoms with E-state index in [-0.39, 0.29) is 12.1 Å². The minimum atomic E-state index is -0.301. The molecule has 0 saturated carbocycles. The molecule has 22 heavy (non-hydrogen) atoms. The van der Waals surface area contributed by atoms with Crippen molar-refractivity contribution < 1.29 is 14.3 Å². The van der Waals surface area contributed by atoms with Crippen molar-refractivity contribution in [2.75, 3.05) is 18.5 Å². The molecule has 1 aliphatic heterocycles. The predicted molar refractivity (Wildman–Crippen MR) is 81.3 cm³/mol. The third kappa shape index (κ3) is 3.13. The van der Waals surface area contributed by atoms with Crippen LogP contribution in [-0.4, -0.2) is 35.1 Å². The Labute approximate surface area is 128 Å². The molecule has 2 N–H and O–H groups in total. The Kier molecular flexibility index (Phi) is 3.86. The molecule has 0 unspecified atom stereocenters. The highest BCUT2D eigenvalue weighted by molar-refractivity contribution is 5.88. The lowest BCUT2D eigenvalue weighted by Crippen LogP contribution is -2.42. The highest BCUT2D eigenvalue weighted by atomic mass is 16.6. The number of hydrogen-bond donors (Lipinski definition) is 2. The molecule has 0 radical (unpaired) electrons. The molecule has 7 heteroatoms. The number of para-hydroxylation sites is 2. The number of nitrogens with one attached hydrogen (secondary N) is 2. The minimum absolute atomic E-state index is 0.214. The number of carbonyl (C=O) groups excluding carboxylic acids is 1. The van der Waals surface area contributed by atoms with Gasteiger partial charge in [-0.25, -0.2) is 4.79 Å². The van der Waals surface area contributed by atoms with E-state index in [0.29, 0.717) is 24.7 Å². The standard InChI is InChI=1S/C15H18N4O3/c1-10-7-14(19(2)18-10)17-15(20)16-8-11-9-21-12-5-3-4-6-13(12)22-11/h3-7,11H,8-9H2,1-2H3,(H2,16,17,20)/t11-/m1/s1. The summed E-state index contributed by atoms with van der Waals surface area (Å²) in [6, 6.07) is 8.98. The molecule has 2 heterocycles. The molecule has 1 aromatic carbocycles. The summed E-state index contributed by atoms with van der Waals surface area (Å²) >= 11 is 0. The van der Waals surface area contributed by atoms with Gasteiger partial charge >= 0.3 is 6.03 Å². The van der Waals surface area contributed by atoms with Crippen molar-refractivity contribution in [3.63, 3.8) is 0 Å². The number of ether oxygens (including phenoxy) is 2. The van der Waals surface area contributed by atoms with Gasteiger partial charge in [0.1, 0.15) is 12.4 Å². The van der Waals surface area contributed by atoms with Crippen molar-refractivity contribution in [2.45, 2.75) is 13.0 Å². The van der Waals surface area contributed by atoms with Crippen LogP contribution in [0.2, 0.25) is 0 Å². The number of fused-ring (bicyclic) bond motifs is 1. The van der Waals surface area contributed by atoms with Gasteiger partial charge in [0, 0.05) is 13.1 Å². The van der Waals surface area contributed by atoms with Crippen LogP contribution in [0.1, 0.15) is 5.69 Å². The summed E-state index contributed by atoms with van der Waals surface area (Å²) in [7, 11) is 1.78. The van der Waals surface area contributed by atoms with Gasteiger partial charge in [-0.3, -0.25) is 10.00 Å². The van der Waals surface area contributed by atoms with E-state index in [4.69, 9.17) is 9.47 Å². The number of anilines is 1. The van der Waals surface area contributed by atoms with Crippen molar-refractivity contribution in [1.82, 2.24) is 15.1 Å². The van der Waals surface area contributed by atoms with E-state index in [9.17, 15) is 4.79 Å². The van der Waals surface area contributed by atoms with Crippen molar-refractivity contribution in [1.29, 1.82) is 0 Å². The van der Waals surface area contributed by atoms with Crippen LogP contribution in [0.25, 0.3) is 0 Å². The quantitative estimate of drug-likeness (QED) is 0.904. The van der Waals surface area contributed by atoms with Gasteiger partial charge < -0.3 is 14.8 Å². The number of rotatable bonds is 3. The van der Waals surface area contributed by atoms with Gasteiger partial charge in [-0.2, -0.15) is 5.10 Å². The van der Waals surface area contributed by atoms with Crippen LogP contribution < -0.4 is 20.1 Å². The molecule has 2 aromatic rings. The van der Waals surface area contributed by atoms with E-state index in [1.54, 1.807) is 17.8 Å². The second kappa shape index (κ2) is 5.97. The van der Waals surface area contributed by atoms with E-state index in [0.717, 1.165) is 11.4 Å². The maximum absolute atomic E-state index is 11.9. The first-order chi connectivity index (χ1) is 10.6. The first-order valence-corrected chi connectivity index (χ1v) is 7.06. The van der Waals surface area contributed by atoms with Gasteiger partial charge in [0.25, 0.3) is 0 Å². The molecule has 2 amide bonds. The Morgan fingerprint density at radius 2 is 2.18 bits per heavy atom. The Morgan fingerprint density at radius 3 is 2.91 bits per heavy atom. The molecule has 1 atom stereocenters. The number of aryl methyl sites for hydroxylation is 2. The largest absolute Gasteiger partial charge is 0.486 e. The van der Waals surface area contributed by atoms with E-state index in [2.05, 4.69) is 15.7 Å².